The molecule has 0 aromatic heterocycles. The molecule has 0 saturated carbocycles. The standard InChI is InChI=1S/C9H15BrO2/c1-8(5-6-10)12-9-4-2-3-7-11-9/h5-6,8-9H,2-4,7H2,1H3/t8-,9?/m1/s1. The number of ether oxygens (including phenoxy) is 2. The molecular formula is C9H15BrO2. The fourth-order valence-corrected chi connectivity index (χ4v) is 1.64. The van der Waals surface area contributed by atoms with Crippen LogP contribution in [0.2, 0.25) is 0 Å². The van der Waals surface area contributed by atoms with Gasteiger partial charge in [-0.3, -0.25) is 0 Å². The summed E-state index contributed by atoms with van der Waals surface area (Å²) in [5.74, 6) is 0. The Kier molecular flexibility index (Phi) is 4.88. The topological polar surface area (TPSA) is 18.5 Å². The molecule has 1 rings (SSSR count). The van der Waals surface area contributed by atoms with Crippen LogP contribution in [0.4, 0.5) is 0 Å². The number of hydrogen-bond acceptors (Lipinski definition) is 2. The van der Waals surface area contributed by atoms with Gasteiger partial charge in [-0.2, -0.15) is 0 Å². The van der Waals surface area contributed by atoms with Gasteiger partial charge in [0.05, 0.1) is 6.10 Å². The van der Waals surface area contributed by atoms with E-state index in [4.69, 9.17) is 9.47 Å². The quantitative estimate of drug-likeness (QED) is 0.748. The van der Waals surface area contributed by atoms with Crippen LogP contribution in [0.5, 0.6) is 0 Å². The van der Waals surface area contributed by atoms with Crippen LogP contribution in [0.25, 0.3) is 0 Å². The monoisotopic (exact) mass is 234 g/mol. The van der Waals surface area contributed by atoms with Gasteiger partial charge in [0.1, 0.15) is 0 Å². The second-order valence-corrected chi connectivity index (χ2v) is 3.48. The molecule has 12 heavy (non-hydrogen) atoms. The fourth-order valence-electron chi connectivity index (χ4n) is 1.21. The van der Waals surface area contributed by atoms with E-state index < -0.39 is 0 Å². The highest BCUT2D eigenvalue weighted by molar-refractivity contribution is 9.11. The summed E-state index contributed by atoms with van der Waals surface area (Å²) in [6.07, 6.45) is 5.51. The first-order chi connectivity index (χ1) is 5.83. The van der Waals surface area contributed by atoms with Crippen molar-refractivity contribution >= 4 is 15.9 Å². The maximum Gasteiger partial charge on any atom is 0.158 e. The molecule has 1 unspecified atom stereocenters. The molecule has 0 aromatic carbocycles. The van der Waals surface area contributed by atoms with Gasteiger partial charge in [0.25, 0.3) is 0 Å². The van der Waals surface area contributed by atoms with Crippen LogP contribution in [0.15, 0.2) is 11.1 Å². The molecule has 0 bridgehead atoms. The molecule has 70 valence electrons. The van der Waals surface area contributed by atoms with Crippen molar-refractivity contribution in [3.05, 3.63) is 11.1 Å². The summed E-state index contributed by atoms with van der Waals surface area (Å²) in [7, 11) is 0. The van der Waals surface area contributed by atoms with Gasteiger partial charge in [-0.15, -0.1) is 0 Å². The molecule has 2 atom stereocenters. The van der Waals surface area contributed by atoms with Gasteiger partial charge < -0.3 is 9.47 Å². The van der Waals surface area contributed by atoms with Gasteiger partial charge in [-0.25, -0.2) is 0 Å². The minimum Gasteiger partial charge on any atom is -0.353 e. The largest absolute Gasteiger partial charge is 0.353 e. The highest BCUT2D eigenvalue weighted by Gasteiger charge is 2.15. The van der Waals surface area contributed by atoms with Gasteiger partial charge in [0.2, 0.25) is 0 Å². The zero-order chi connectivity index (χ0) is 8.81. The molecule has 1 heterocycles. The first-order valence-electron chi connectivity index (χ1n) is 4.37. The molecular weight excluding hydrogens is 220 g/mol. The fraction of sp³-hybridized carbons (Fsp3) is 0.778. The highest BCUT2D eigenvalue weighted by Crippen LogP contribution is 2.15. The predicted molar refractivity (Wildman–Crippen MR) is 52.2 cm³/mol. The van der Waals surface area contributed by atoms with E-state index in [9.17, 15) is 0 Å². The lowest BCUT2D eigenvalue weighted by atomic mass is 10.2. The summed E-state index contributed by atoms with van der Waals surface area (Å²) < 4.78 is 11.0. The van der Waals surface area contributed by atoms with E-state index in [1.54, 1.807) is 0 Å². The Morgan fingerprint density at radius 2 is 2.42 bits per heavy atom. The van der Waals surface area contributed by atoms with Gasteiger partial charge in [0.15, 0.2) is 6.29 Å². The Labute approximate surface area is 82.1 Å². The Morgan fingerprint density at radius 3 is 3.00 bits per heavy atom. The molecule has 1 fully saturated rings. The normalized spacial score (nSPS) is 27.7. The van der Waals surface area contributed by atoms with Crippen molar-refractivity contribution in [2.24, 2.45) is 0 Å². The zero-order valence-corrected chi connectivity index (χ0v) is 8.92. The molecule has 1 aliphatic heterocycles. The second-order valence-electron chi connectivity index (χ2n) is 2.96. The van der Waals surface area contributed by atoms with Gasteiger partial charge in [-0.1, -0.05) is 15.9 Å². The van der Waals surface area contributed by atoms with E-state index in [1.807, 2.05) is 18.0 Å². The first kappa shape index (κ1) is 10.2. The molecule has 1 aliphatic rings. The SMILES string of the molecule is C[C@H](C=CBr)OC1CCCCO1. The maximum absolute atomic E-state index is 5.59. The highest BCUT2D eigenvalue weighted by atomic mass is 79.9. The van der Waals surface area contributed by atoms with Crippen molar-refractivity contribution in [2.75, 3.05) is 6.61 Å². The maximum atomic E-state index is 5.59. The lowest BCUT2D eigenvalue weighted by Crippen LogP contribution is -2.25. The lowest BCUT2D eigenvalue weighted by molar-refractivity contribution is -0.174. The van der Waals surface area contributed by atoms with Crippen LogP contribution in [0.3, 0.4) is 0 Å². The van der Waals surface area contributed by atoms with Gasteiger partial charge in [-0.05, 0) is 37.2 Å². The van der Waals surface area contributed by atoms with Crippen molar-refractivity contribution < 1.29 is 9.47 Å². The van der Waals surface area contributed by atoms with Crippen LogP contribution >= 0.6 is 15.9 Å². The Bertz CT molecular complexity index is 141. The molecule has 0 radical (unpaired) electrons. The summed E-state index contributed by atoms with van der Waals surface area (Å²) in [5, 5.41) is 0. The van der Waals surface area contributed by atoms with E-state index in [2.05, 4.69) is 15.9 Å². The van der Waals surface area contributed by atoms with Crippen molar-refractivity contribution in [1.29, 1.82) is 0 Å². The van der Waals surface area contributed by atoms with E-state index in [0.717, 1.165) is 13.0 Å². The minimum absolute atomic E-state index is 0.0115. The molecule has 0 aromatic rings. The minimum atomic E-state index is 0.0115. The van der Waals surface area contributed by atoms with Crippen LogP contribution in [-0.2, 0) is 9.47 Å². The molecule has 2 nitrogen and oxygen atoms in total. The smallest absolute Gasteiger partial charge is 0.158 e. The molecule has 0 aliphatic carbocycles. The molecule has 0 amide bonds. The summed E-state index contributed by atoms with van der Waals surface area (Å²) in [6.45, 7) is 2.85. The van der Waals surface area contributed by atoms with Gasteiger partial charge in [0, 0.05) is 6.61 Å². The Morgan fingerprint density at radius 1 is 1.58 bits per heavy atom. The number of halogens is 1. The first-order valence-corrected chi connectivity index (χ1v) is 5.28. The van der Waals surface area contributed by atoms with E-state index >= 15 is 0 Å². The summed E-state index contributed by atoms with van der Waals surface area (Å²) in [4.78, 5) is 1.82. The van der Waals surface area contributed by atoms with Crippen molar-refractivity contribution in [3.8, 4) is 0 Å². The molecule has 3 heteroatoms. The second kappa shape index (κ2) is 5.73. The number of rotatable bonds is 3. The Balaban J connectivity index is 2.19. The van der Waals surface area contributed by atoms with E-state index in [0.29, 0.717) is 0 Å². The van der Waals surface area contributed by atoms with Crippen molar-refractivity contribution in [2.45, 2.75) is 38.6 Å². The number of hydrogen-bond donors (Lipinski definition) is 0. The predicted octanol–water partition coefficient (Wildman–Crippen LogP) is 2.83. The van der Waals surface area contributed by atoms with Gasteiger partial charge >= 0.3 is 0 Å². The summed E-state index contributed by atoms with van der Waals surface area (Å²) in [5.41, 5.74) is 0. The van der Waals surface area contributed by atoms with Crippen LogP contribution < -0.4 is 0 Å². The molecule has 1 saturated heterocycles. The van der Waals surface area contributed by atoms with Crippen molar-refractivity contribution in [1.82, 2.24) is 0 Å². The average Bonchev–Trinajstić information content (AvgIpc) is 2.06. The van der Waals surface area contributed by atoms with E-state index in [-0.39, 0.29) is 12.4 Å². The van der Waals surface area contributed by atoms with Crippen molar-refractivity contribution in [3.63, 3.8) is 0 Å². The average molecular weight is 235 g/mol. The summed E-state index contributed by atoms with van der Waals surface area (Å²) >= 11 is 3.21. The van der Waals surface area contributed by atoms with Crippen LogP contribution in [0, 0.1) is 0 Å². The van der Waals surface area contributed by atoms with Crippen LogP contribution in [0.1, 0.15) is 26.2 Å². The molecule has 0 spiro atoms. The summed E-state index contributed by atoms with van der Waals surface area (Å²) in [6, 6.07) is 0. The third-order valence-corrected chi connectivity index (χ3v) is 2.15. The Hall–Kier alpha value is 0.140. The lowest BCUT2D eigenvalue weighted by Gasteiger charge is -2.24. The third-order valence-electron chi connectivity index (χ3n) is 1.85. The molecule has 0 N–H and O–H groups in total. The zero-order valence-electron chi connectivity index (χ0n) is 7.33. The van der Waals surface area contributed by atoms with Crippen LogP contribution in [-0.4, -0.2) is 19.0 Å². The third kappa shape index (κ3) is 3.70. The van der Waals surface area contributed by atoms with E-state index in [1.165, 1.54) is 12.8 Å².